The van der Waals surface area contributed by atoms with Crippen LogP contribution in [0.4, 0.5) is 22.4 Å². The lowest BCUT2D eigenvalue weighted by Gasteiger charge is -2.57. The summed E-state index contributed by atoms with van der Waals surface area (Å²) in [6.07, 6.45) is 6.12. The number of hydrogen-bond donors (Lipinski definition) is 2. The normalized spacial score (nSPS) is 23.1. The molecule has 2 atom stereocenters. The molecule has 2 aliphatic carbocycles. The van der Waals surface area contributed by atoms with E-state index in [1.165, 1.54) is 48.3 Å². The molecule has 254 valence electrons. The number of carbonyl (C=O) groups is 2. The van der Waals surface area contributed by atoms with Crippen LogP contribution in [0.15, 0.2) is 30.7 Å². The number of rotatable bonds is 10. The second-order valence-electron chi connectivity index (χ2n) is 14.8. The van der Waals surface area contributed by atoms with Crippen molar-refractivity contribution in [3.8, 4) is 0 Å². The van der Waals surface area contributed by atoms with Gasteiger partial charge in [0.1, 0.15) is 37.1 Å². The molecule has 3 aliphatic rings. The molecule has 11 nitrogen and oxygen atoms in total. The van der Waals surface area contributed by atoms with Crippen LogP contribution >= 0.6 is 0 Å². The number of amides is 3. The molecule has 2 N–H and O–H groups in total. The number of nitrogens with one attached hydrogen (secondary N) is 2. The van der Waals surface area contributed by atoms with E-state index < -0.39 is 46.5 Å². The Morgan fingerprint density at radius 3 is 2.44 bits per heavy atom. The molecule has 3 aromatic rings. The highest BCUT2D eigenvalue weighted by Gasteiger charge is 2.65. The van der Waals surface area contributed by atoms with Crippen molar-refractivity contribution < 1.29 is 31.9 Å². The van der Waals surface area contributed by atoms with Crippen LogP contribution in [0.3, 0.4) is 0 Å². The van der Waals surface area contributed by atoms with Gasteiger partial charge in [0.05, 0.1) is 42.9 Å². The molecule has 6 rings (SSSR count). The minimum Gasteiger partial charge on any atom is -0.376 e. The second kappa shape index (κ2) is 12.1. The molecule has 2 saturated carbocycles. The van der Waals surface area contributed by atoms with E-state index in [-0.39, 0.29) is 50.4 Å². The highest BCUT2D eigenvalue weighted by molar-refractivity contribution is 6.48. The van der Waals surface area contributed by atoms with E-state index in [1.807, 2.05) is 13.8 Å². The van der Waals surface area contributed by atoms with Crippen LogP contribution in [-0.2, 0) is 4.74 Å². The smallest absolute Gasteiger partial charge is 0.316 e. The second-order valence-corrected chi connectivity index (χ2v) is 14.8. The number of ether oxygens (including phenoxy) is 1. The van der Waals surface area contributed by atoms with Crippen molar-refractivity contribution in [3.63, 3.8) is 0 Å². The largest absolute Gasteiger partial charge is 0.376 e. The Balaban J connectivity index is 1.36. The van der Waals surface area contributed by atoms with Crippen molar-refractivity contribution >= 4 is 49.0 Å². The first kappa shape index (κ1) is 34.4. The van der Waals surface area contributed by atoms with Gasteiger partial charge < -0.3 is 20.3 Å². The standard InChI is InChI=1S/C29H40B4F4N8O3/c1-15(2)45-20(7-10-38-45)24(46)41-23(16-5-8-26(34,35)9-6-16)19-13-43-22(40-19)11-17(12-39-43)21(14-48-18-3-4-18)44-25(47)42-28(30,31)27(36,37)29(44,32)33/h7,10-13,15-16,18,21,23H,3-6,8-9,14,30-33H2,1-2H3,(H,41,46)(H,42,47). The van der Waals surface area contributed by atoms with Crippen LogP contribution in [0.25, 0.3) is 5.65 Å². The minimum absolute atomic E-state index is 0.00521. The fourth-order valence-electron chi connectivity index (χ4n) is 7.08. The minimum atomic E-state index is -3.32. The summed E-state index contributed by atoms with van der Waals surface area (Å²) in [6, 6.07) is 0.900. The molecule has 19 heteroatoms. The maximum Gasteiger partial charge on any atom is 0.316 e. The third-order valence-electron chi connectivity index (χ3n) is 10.1. The Morgan fingerprint density at radius 1 is 1.10 bits per heavy atom. The molecular weight excluding hydrogens is 628 g/mol. The zero-order chi connectivity index (χ0) is 34.8. The van der Waals surface area contributed by atoms with Gasteiger partial charge >= 0.3 is 6.03 Å². The summed E-state index contributed by atoms with van der Waals surface area (Å²) >= 11 is 0. The van der Waals surface area contributed by atoms with Gasteiger partial charge in [-0.05, 0) is 57.6 Å². The van der Waals surface area contributed by atoms with Crippen LogP contribution in [0.1, 0.15) is 92.2 Å². The van der Waals surface area contributed by atoms with Crippen molar-refractivity contribution in [2.75, 3.05) is 6.61 Å². The van der Waals surface area contributed by atoms with Crippen molar-refractivity contribution in [1.29, 1.82) is 0 Å². The number of imidazole rings is 1. The number of halogens is 4. The Hall–Kier alpha value is -3.49. The monoisotopic (exact) mass is 668 g/mol. The van der Waals surface area contributed by atoms with Crippen LogP contribution in [0.5, 0.6) is 0 Å². The molecule has 0 radical (unpaired) electrons. The summed E-state index contributed by atoms with van der Waals surface area (Å²) < 4.78 is 69.3. The number of alkyl halides is 4. The van der Waals surface area contributed by atoms with E-state index in [4.69, 9.17) is 9.72 Å². The van der Waals surface area contributed by atoms with E-state index in [0.29, 0.717) is 22.6 Å². The molecule has 2 unspecified atom stereocenters. The van der Waals surface area contributed by atoms with Crippen molar-refractivity contribution in [3.05, 3.63) is 47.7 Å². The lowest BCUT2D eigenvalue weighted by molar-refractivity contribution is -0.109. The van der Waals surface area contributed by atoms with E-state index in [9.17, 15) is 18.4 Å². The fraction of sp³-hybridized carbons (Fsp3) is 0.621. The van der Waals surface area contributed by atoms with Gasteiger partial charge in [0.25, 0.3) is 11.8 Å². The Kier molecular flexibility index (Phi) is 8.69. The van der Waals surface area contributed by atoms with Crippen LogP contribution < -0.4 is 10.6 Å². The Labute approximate surface area is 279 Å². The predicted molar refractivity (Wildman–Crippen MR) is 179 cm³/mol. The maximum absolute atomic E-state index is 15.9. The molecule has 3 amide bonds. The number of urea groups is 1. The summed E-state index contributed by atoms with van der Waals surface area (Å²) in [5.74, 6) is -6.82. The van der Waals surface area contributed by atoms with Gasteiger partial charge in [-0.3, -0.25) is 9.48 Å². The molecule has 0 aromatic carbocycles. The van der Waals surface area contributed by atoms with Gasteiger partial charge in [0, 0.05) is 41.3 Å². The van der Waals surface area contributed by atoms with Crippen LogP contribution in [0.2, 0.25) is 0 Å². The topological polar surface area (TPSA) is 119 Å². The van der Waals surface area contributed by atoms with E-state index >= 15 is 8.78 Å². The summed E-state index contributed by atoms with van der Waals surface area (Å²) in [4.78, 5) is 33.0. The zero-order valence-electron chi connectivity index (χ0n) is 28.1. The molecule has 48 heavy (non-hydrogen) atoms. The third kappa shape index (κ3) is 6.22. The lowest BCUT2D eigenvalue weighted by Crippen LogP contribution is -2.83. The van der Waals surface area contributed by atoms with Crippen molar-refractivity contribution in [2.45, 2.75) is 99.1 Å². The van der Waals surface area contributed by atoms with Crippen molar-refractivity contribution in [2.24, 2.45) is 5.92 Å². The summed E-state index contributed by atoms with van der Waals surface area (Å²) in [5.41, 5.74) is 1.54. The summed E-state index contributed by atoms with van der Waals surface area (Å²) in [7, 11) is 5.31. The molecule has 0 bridgehead atoms. The molecule has 3 aromatic heterocycles. The first-order valence-electron chi connectivity index (χ1n) is 16.6. The molecule has 1 aliphatic heterocycles. The fourth-order valence-corrected chi connectivity index (χ4v) is 7.08. The molecule has 0 spiro atoms. The average molecular weight is 668 g/mol. The summed E-state index contributed by atoms with van der Waals surface area (Å²) in [5, 5.41) is 10.6. The van der Waals surface area contributed by atoms with Crippen LogP contribution in [0, 0.1) is 5.92 Å². The van der Waals surface area contributed by atoms with Gasteiger partial charge in [-0.25, -0.2) is 31.9 Å². The maximum atomic E-state index is 15.9. The number of aromatic nitrogens is 5. The predicted octanol–water partition coefficient (Wildman–Crippen LogP) is 0.524. The lowest BCUT2D eigenvalue weighted by atomic mass is 9.43. The van der Waals surface area contributed by atoms with Gasteiger partial charge in [-0.2, -0.15) is 10.2 Å². The molecule has 1 saturated heterocycles. The Morgan fingerprint density at radius 2 is 1.79 bits per heavy atom. The number of carbonyl (C=O) groups excluding carboxylic acids is 2. The van der Waals surface area contributed by atoms with E-state index in [0.717, 1.165) is 17.7 Å². The van der Waals surface area contributed by atoms with Gasteiger partial charge in [-0.15, -0.1) is 0 Å². The molecule has 3 fully saturated rings. The summed E-state index contributed by atoms with van der Waals surface area (Å²) in [6.45, 7) is 3.77. The quantitative estimate of drug-likeness (QED) is 0.241. The number of hydrogen-bond acceptors (Lipinski definition) is 6. The van der Waals surface area contributed by atoms with Gasteiger partial charge in [0.2, 0.25) is 5.92 Å². The third-order valence-corrected chi connectivity index (χ3v) is 10.1. The van der Waals surface area contributed by atoms with Crippen molar-refractivity contribution in [1.82, 2.24) is 39.9 Å². The average Bonchev–Trinajstić information content (AvgIpc) is 3.51. The number of nitrogens with zero attached hydrogens (tertiary/aromatic N) is 6. The zero-order valence-corrected chi connectivity index (χ0v) is 28.1. The Bertz CT molecular complexity index is 1690. The first-order chi connectivity index (χ1) is 22.4. The molecular formula is C29H40B4F4N8O3. The van der Waals surface area contributed by atoms with E-state index in [1.54, 1.807) is 23.0 Å². The molecule has 4 heterocycles. The number of fused-ring (bicyclic) bond motifs is 1. The highest BCUT2D eigenvalue weighted by atomic mass is 19.3. The SMILES string of the molecule is BC1(B)NC(=O)N(C(COC2CC2)c2cnn3cc(C(NC(=O)c4ccnn4C(C)C)C4CCC(F)(F)CC4)nc3c2)C(B)(B)C1(F)F. The first-order valence-corrected chi connectivity index (χ1v) is 16.6. The van der Waals surface area contributed by atoms with Gasteiger partial charge in [0.15, 0.2) is 5.65 Å². The van der Waals surface area contributed by atoms with Crippen LogP contribution in [-0.4, -0.2) is 108 Å². The van der Waals surface area contributed by atoms with E-state index in [2.05, 4.69) is 20.8 Å². The highest BCUT2D eigenvalue weighted by Crippen LogP contribution is 2.44. The van der Waals surface area contributed by atoms with Gasteiger partial charge in [-0.1, -0.05) is 0 Å².